The molecular formula is C22H33N5. The molecule has 3 N–H and O–H groups in total. The molecule has 3 rings (SSSR count). The molecule has 0 aliphatic carbocycles. The van der Waals surface area contributed by atoms with Crippen LogP contribution in [0.4, 0.5) is 11.8 Å². The number of anilines is 2. The van der Waals surface area contributed by atoms with Gasteiger partial charge in [-0.1, -0.05) is 26.0 Å². The number of nitrogens with two attached hydrogens (primary N) is 1. The Kier molecular flexibility index (Phi) is 6.00. The Labute approximate surface area is 163 Å². The zero-order valence-electron chi connectivity index (χ0n) is 17.3. The molecule has 0 saturated carbocycles. The fourth-order valence-electron chi connectivity index (χ4n) is 3.76. The van der Waals surface area contributed by atoms with Gasteiger partial charge in [0.1, 0.15) is 5.82 Å². The van der Waals surface area contributed by atoms with Crippen LogP contribution in [0.15, 0.2) is 18.3 Å². The summed E-state index contributed by atoms with van der Waals surface area (Å²) in [4.78, 5) is 11.4. The van der Waals surface area contributed by atoms with E-state index in [0.717, 1.165) is 37.9 Å². The van der Waals surface area contributed by atoms with Crippen molar-refractivity contribution in [1.29, 1.82) is 0 Å². The van der Waals surface area contributed by atoms with Crippen LogP contribution in [-0.4, -0.2) is 41.0 Å². The molecule has 0 spiro atoms. The molecule has 1 saturated heterocycles. The number of piperidine rings is 1. The van der Waals surface area contributed by atoms with Crippen LogP contribution in [0, 0.1) is 13.8 Å². The largest absolute Gasteiger partial charge is 0.383 e. The van der Waals surface area contributed by atoms with Crippen LogP contribution >= 0.6 is 0 Å². The molecule has 146 valence electrons. The van der Waals surface area contributed by atoms with Crippen LogP contribution in [0.2, 0.25) is 0 Å². The molecule has 1 fully saturated rings. The molecule has 0 unspecified atom stereocenters. The van der Waals surface area contributed by atoms with Crippen LogP contribution in [0.3, 0.4) is 0 Å². The maximum Gasteiger partial charge on any atom is 0.224 e. The van der Waals surface area contributed by atoms with Gasteiger partial charge in [0, 0.05) is 24.2 Å². The monoisotopic (exact) mass is 367 g/mol. The summed E-state index contributed by atoms with van der Waals surface area (Å²) in [5.74, 6) is 1.70. The summed E-state index contributed by atoms with van der Waals surface area (Å²) in [5, 5.41) is 3.45. The van der Waals surface area contributed by atoms with Gasteiger partial charge in [0.05, 0.1) is 0 Å². The second-order valence-corrected chi connectivity index (χ2v) is 8.29. The molecule has 1 aromatic carbocycles. The van der Waals surface area contributed by atoms with Gasteiger partial charge in [-0.3, -0.25) is 0 Å². The third kappa shape index (κ3) is 4.78. The summed E-state index contributed by atoms with van der Waals surface area (Å²) >= 11 is 0. The first-order valence-corrected chi connectivity index (χ1v) is 10.00. The lowest BCUT2D eigenvalue weighted by Crippen LogP contribution is -2.37. The predicted octanol–water partition coefficient (Wildman–Crippen LogP) is 3.90. The highest BCUT2D eigenvalue weighted by Gasteiger charge is 2.18. The normalized spacial score (nSPS) is 16.1. The molecule has 1 aliphatic heterocycles. The van der Waals surface area contributed by atoms with E-state index in [1.54, 1.807) is 0 Å². The number of aromatic nitrogens is 2. The second-order valence-electron chi connectivity index (χ2n) is 8.29. The van der Waals surface area contributed by atoms with E-state index in [9.17, 15) is 0 Å². The minimum Gasteiger partial charge on any atom is -0.383 e. The lowest BCUT2D eigenvalue weighted by atomic mass is 9.90. The molecule has 0 atom stereocenters. The van der Waals surface area contributed by atoms with Gasteiger partial charge in [-0.05, 0) is 75.0 Å². The van der Waals surface area contributed by atoms with Crippen LogP contribution in [0.1, 0.15) is 60.4 Å². The van der Waals surface area contributed by atoms with Crippen molar-refractivity contribution in [3.8, 4) is 0 Å². The van der Waals surface area contributed by atoms with Gasteiger partial charge in [0.25, 0.3) is 0 Å². The molecular weight excluding hydrogens is 334 g/mol. The standard InChI is InChI=1S/C22H33N5/c1-14(2)20-11-16(4)15(3)10-17(20)12-18-13-24-22(26-21(18)23)25-19-6-8-27(5)9-7-19/h10-11,13-14,19H,6-9,12H2,1-5H3,(H3,23,24,25,26). The first-order chi connectivity index (χ1) is 12.8. The highest BCUT2D eigenvalue weighted by Crippen LogP contribution is 2.27. The molecule has 2 heterocycles. The minimum absolute atomic E-state index is 0.429. The first-order valence-electron chi connectivity index (χ1n) is 10.00. The van der Waals surface area contributed by atoms with Crippen LogP contribution in [0.25, 0.3) is 0 Å². The van der Waals surface area contributed by atoms with Gasteiger partial charge in [-0.15, -0.1) is 0 Å². The molecule has 27 heavy (non-hydrogen) atoms. The molecule has 1 aliphatic rings. The zero-order chi connectivity index (χ0) is 19.6. The van der Waals surface area contributed by atoms with E-state index < -0.39 is 0 Å². The van der Waals surface area contributed by atoms with Crippen LogP contribution < -0.4 is 11.1 Å². The Bertz CT molecular complexity index is 792. The van der Waals surface area contributed by atoms with Gasteiger partial charge < -0.3 is 16.0 Å². The number of hydrogen-bond acceptors (Lipinski definition) is 5. The lowest BCUT2D eigenvalue weighted by Gasteiger charge is -2.29. The van der Waals surface area contributed by atoms with Gasteiger partial charge in [-0.25, -0.2) is 4.98 Å². The Morgan fingerprint density at radius 1 is 1.15 bits per heavy atom. The van der Waals surface area contributed by atoms with Gasteiger partial charge in [0.2, 0.25) is 5.95 Å². The Balaban J connectivity index is 1.76. The topological polar surface area (TPSA) is 67.1 Å². The van der Waals surface area contributed by atoms with Crippen molar-refractivity contribution in [2.45, 2.75) is 58.9 Å². The number of benzene rings is 1. The van der Waals surface area contributed by atoms with E-state index in [0.29, 0.717) is 23.7 Å². The number of hydrogen-bond donors (Lipinski definition) is 2. The summed E-state index contributed by atoms with van der Waals surface area (Å²) in [6.07, 6.45) is 4.89. The number of rotatable bonds is 5. The summed E-state index contributed by atoms with van der Waals surface area (Å²) in [6, 6.07) is 5.02. The number of aryl methyl sites for hydroxylation is 2. The number of likely N-dealkylation sites (tertiary alicyclic amines) is 1. The average molecular weight is 368 g/mol. The smallest absolute Gasteiger partial charge is 0.224 e. The molecule has 0 radical (unpaired) electrons. The lowest BCUT2D eigenvalue weighted by molar-refractivity contribution is 0.263. The number of nitrogens with one attached hydrogen (secondary N) is 1. The van der Waals surface area contributed by atoms with Crippen molar-refractivity contribution in [2.75, 3.05) is 31.2 Å². The van der Waals surface area contributed by atoms with E-state index in [-0.39, 0.29) is 0 Å². The molecule has 5 nitrogen and oxygen atoms in total. The molecule has 5 heteroatoms. The summed E-state index contributed by atoms with van der Waals surface area (Å²) < 4.78 is 0. The Morgan fingerprint density at radius 3 is 2.44 bits per heavy atom. The van der Waals surface area contributed by atoms with Crippen molar-refractivity contribution in [3.63, 3.8) is 0 Å². The van der Waals surface area contributed by atoms with Gasteiger partial charge in [0.15, 0.2) is 0 Å². The van der Waals surface area contributed by atoms with Gasteiger partial charge in [-0.2, -0.15) is 4.98 Å². The maximum atomic E-state index is 6.29. The highest BCUT2D eigenvalue weighted by molar-refractivity contribution is 5.48. The summed E-state index contributed by atoms with van der Waals surface area (Å²) in [7, 11) is 2.16. The minimum atomic E-state index is 0.429. The van der Waals surface area contributed by atoms with E-state index in [1.165, 1.54) is 22.3 Å². The Hall–Kier alpha value is -2.14. The Morgan fingerprint density at radius 2 is 1.81 bits per heavy atom. The second kappa shape index (κ2) is 8.26. The van der Waals surface area contributed by atoms with E-state index in [4.69, 9.17) is 5.73 Å². The fourth-order valence-corrected chi connectivity index (χ4v) is 3.76. The van der Waals surface area contributed by atoms with E-state index in [1.807, 2.05) is 6.20 Å². The van der Waals surface area contributed by atoms with Crippen molar-refractivity contribution in [2.24, 2.45) is 0 Å². The fraction of sp³-hybridized carbons (Fsp3) is 0.545. The summed E-state index contributed by atoms with van der Waals surface area (Å²) in [5.41, 5.74) is 12.6. The third-order valence-electron chi connectivity index (χ3n) is 5.71. The van der Waals surface area contributed by atoms with Crippen molar-refractivity contribution < 1.29 is 0 Å². The maximum absolute atomic E-state index is 6.29. The molecule has 0 amide bonds. The number of nitrogens with zero attached hydrogens (tertiary/aromatic N) is 3. The van der Waals surface area contributed by atoms with Crippen molar-refractivity contribution in [1.82, 2.24) is 14.9 Å². The summed E-state index contributed by atoms with van der Waals surface area (Å²) in [6.45, 7) is 11.0. The SMILES string of the molecule is Cc1cc(Cc2cnc(NC3CCN(C)CC3)nc2N)c(C(C)C)cc1C. The number of nitrogen functional groups attached to an aromatic ring is 1. The zero-order valence-corrected chi connectivity index (χ0v) is 17.3. The highest BCUT2D eigenvalue weighted by atomic mass is 15.2. The third-order valence-corrected chi connectivity index (χ3v) is 5.71. The van der Waals surface area contributed by atoms with Crippen molar-refractivity contribution >= 4 is 11.8 Å². The van der Waals surface area contributed by atoms with E-state index in [2.05, 4.69) is 67.1 Å². The van der Waals surface area contributed by atoms with Crippen LogP contribution in [0.5, 0.6) is 0 Å². The molecule has 2 aromatic rings. The molecule has 0 bridgehead atoms. The quantitative estimate of drug-likeness (QED) is 0.839. The predicted molar refractivity (Wildman–Crippen MR) is 113 cm³/mol. The van der Waals surface area contributed by atoms with Gasteiger partial charge >= 0.3 is 0 Å². The first kappa shape index (κ1) is 19.6. The average Bonchev–Trinajstić information content (AvgIpc) is 2.62. The van der Waals surface area contributed by atoms with Crippen LogP contribution in [-0.2, 0) is 6.42 Å². The van der Waals surface area contributed by atoms with Crippen molar-refractivity contribution in [3.05, 3.63) is 46.1 Å². The van der Waals surface area contributed by atoms with E-state index >= 15 is 0 Å². The molecule has 1 aromatic heterocycles.